The van der Waals surface area contributed by atoms with Crippen molar-refractivity contribution in [3.8, 4) is 0 Å². The lowest BCUT2D eigenvalue weighted by Crippen LogP contribution is -2.12. The van der Waals surface area contributed by atoms with Gasteiger partial charge in [-0.3, -0.25) is 0 Å². The van der Waals surface area contributed by atoms with E-state index in [4.69, 9.17) is 16.3 Å². The van der Waals surface area contributed by atoms with Gasteiger partial charge in [-0.2, -0.15) is 0 Å². The molecule has 2 heterocycles. The summed E-state index contributed by atoms with van der Waals surface area (Å²) in [5.74, 6) is -1.13. The predicted octanol–water partition coefficient (Wildman–Crippen LogP) is 8.44. The lowest BCUT2D eigenvalue weighted by molar-refractivity contribution is -0.138. The highest BCUT2D eigenvalue weighted by Gasteiger charge is 2.33. The minimum absolute atomic E-state index is 0.00863. The van der Waals surface area contributed by atoms with Gasteiger partial charge in [-0.25, -0.2) is 14.2 Å². The molecule has 0 radical (unpaired) electrons. The van der Waals surface area contributed by atoms with Gasteiger partial charge in [-0.05, 0) is 61.5 Å². The number of hydrogen-bond acceptors (Lipinski definition) is 5. The highest BCUT2D eigenvalue weighted by Crippen LogP contribution is 2.41. The van der Waals surface area contributed by atoms with Gasteiger partial charge in [0.05, 0.1) is 23.7 Å². The van der Waals surface area contributed by atoms with Crippen molar-refractivity contribution in [3.63, 3.8) is 0 Å². The molecule has 192 valence electrons. The van der Waals surface area contributed by atoms with E-state index in [1.807, 2.05) is 29.0 Å². The largest absolute Gasteiger partial charge is 0.506 e. The molecule has 0 unspecified atom stereocenters. The summed E-state index contributed by atoms with van der Waals surface area (Å²) in [6.07, 6.45) is 3.71. The number of hydrogen-bond donors (Lipinski definition) is 1. The predicted molar refractivity (Wildman–Crippen MR) is 156 cm³/mol. The zero-order valence-electron chi connectivity index (χ0n) is 20.1. The first kappa shape index (κ1) is 26.3. The van der Waals surface area contributed by atoms with E-state index in [0.29, 0.717) is 32.8 Å². The maximum absolute atomic E-state index is 14.4. The summed E-state index contributed by atoms with van der Waals surface area (Å²) in [6, 6.07) is 19.4. The van der Waals surface area contributed by atoms with Crippen LogP contribution >= 0.6 is 39.3 Å². The molecule has 0 fully saturated rings. The van der Waals surface area contributed by atoms with Crippen LogP contribution in [0.2, 0.25) is 5.02 Å². The number of esters is 1. The van der Waals surface area contributed by atoms with E-state index in [1.54, 1.807) is 55.5 Å². The molecule has 1 N–H and O–H groups in total. The maximum Gasteiger partial charge on any atom is 0.344 e. The van der Waals surface area contributed by atoms with Crippen LogP contribution in [-0.2, 0) is 16.1 Å². The second kappa shape index (κ2) is 11.2. The number of nitrogens with zero attached hydrogens (tertiary/aromatic N) is 2. The van der Waals surface area contributed by atoms with Crippen LogP contribution in [0.25, 0.3) is 17.0 Å². The molecule has 5 nitrogen and oxygen atoms in total. The third kappa shape index (κ3) is 5.43. The average Bonchev–Trinajstić information content (AvgIpc) is 3.38. The Morgan fingerprint density at radius 3 is 2.68 bits per heavy atom. The topological polar surface area (TPSA) is 63.8 Å². The number of thioether (sulfide) groups is 1. The number of benzene rings is 3. The highest BCUT2D eigenvalue weighted by atomic mass is 79.9. The smallest absolute Gasteiger partial charge is 0.344 e. The number of rotatable bonds is 6. The zero-order valence-corrected chi connectivity index (χ0v) is 23.3. The molecule has 0 atom stereocenters. The Morgan fingerprint density at radius 1 is 1.18 bits per heavy atom. The fourth-order valence-corrected chi connectivity index (χ4v) is 5.63. The van der Waals surface area contributed by atoms with Gasteiger partial charge in [0.2, 0.25) is 0 Å². The monoisotopic (exact) mass is 610 g/mol. The highest BCUT2D eigenvalue weighted by molar-refractivity contribution is 9.10. The van der Waals surface area contributed by atoms with Crippen molar-refractivity contribution < 1.29 is 19.0 Å². The van der Waals surface area contributed by atoms with Crippen LogP contribution in [0.4, 0.5) is 10.1 Å². The van der Waals surface area contributed by atoms with Crippen molar-refractivity contribution in [1.29, 1.82) is 0 Å². The van der Waals surface area contributed by atoms with Gasteiger partial charge in [-0.15, -0.1) is 0 Å². The van der Waals surface area contributed by atoms with Gasteiger partial charge in [-0.1, -0.05) is 57.5 Å². The molecule has 5 rings (SSSR count). The number of fused-ring (bicyclic) bond motifs is 1. The van der Waals surface area contributed by atoms with Crippen molar-refractivity contribution in [1.82, 2.24) is 4.57 Å². The normalized spacial score (nSPS) is 15.7. The lowest BCUT2D eigenvalue weighted by Gasteiger charge is -2.06. The van der Waals surface area contributed by atoms with Crippen LogP contribution in [0.15, 0.2) is 98.6 Å². The van der Waals surface area contributed by atoms with Gasteiger partial charge in [0.1, 0.15) is 22.2 Å². The van der Waals surface area contributed by atoms with Crippen molar-refractivity contribution >= 4 is 73.0 Å². The van der Waals surface area contributed by atoms with Crippen molar-refractivity contribution in [2.75, 3.05) is 6.61 Å². The van der Waals surface area contributed by atoms with Crippen molar-refractivity contribution in [3.05, 3.63) is 116 Å². The number of aliphatic hydroxyl groups excluding tert-OH is 1. The van der Waals surface area contributed by atoms with Crippen LogP contribution in [0, 0.1) is 5.82 Å². The lowest BCUT2D eigenvalue weighted by atomic mass is 10.1. The van der Waals surface area contributed by atoms with Crippen LogP contribution in [-0.4, -0.2) is 27.3 Å². The van der Waals surface area contributed by atoms with Crippen LogP contribution < -0.4 is 0 Å². The third-order valence-corrected chi connectivity index (χ3v) is 7.65. The Balaban J connectivity index is 1.60. The second-order valence-electron chi connectivity index (χ2n) is 8.41. The average molecular weight is 612 g/mol. The molecular weight excluding hydrogens is 591 g/mol. The molecule has 1 aromatic heterocycles. The first-order valence-electron chi connectivity index (χ1n) is 11.7. The Morgan fingerprint density at radius 2 is 1.95 bits per heavy atom. The molecule has 0 amide bonds. The van der Waals surface area contributed by atoms with E-state index >= 15 is 0 Å². The molecule has 3 aromatic carbocycles. The fraction of sp³-hybridized carbons (Fsp3) is 0.103. The molecule has 0 aliphatic carbocycles. The Hall–Kier alpha value is -3.33. The fourth-order valence-electron chi connectivity index (χ4n) is 4.12. The molecule has 0 spiro atoms. The summed E-state index contributed by atoms with van der Waals surface area (Å²) >= 11 is 10.7. The van der Waals surface area contributed by atoms with E-state index in [0.717, 1.165) is 20.9 Å². The SMILES string of the molecule is CCOC(=O)C1=C(O)/C(=C/c2cn(Cc3ccccc3F)c3ccc(Br)cc23)SC1=Nc1ccc(Cl)cc1. The molecular formula is C29H21BrClFN2O3S. The minimum atomic E-state index is -0.654. The number of aromatic nitrogens is 1. The Kier molecular flexibility index (Phi) is 7.74. The number of carbonyl (C=O) groups is 1. The maximum atomic E-state index is 14.4. The Labute approximate surface area is 236 Å². The summed E-state index contributed by atoms with van der Waals surface area (Å²) < 4.78 is 22.5. The number of halogens is 3. The number of aliphatic imine (C=N–C) groups is 1. The number of carbonyl (C=O) groups excluding carboxylic acids is 1. The molecule has 0 bridgehead atoms. The van der Waals surface area contributed by atoms with Gasteiger partial charge in [0, 0.05) is 37.7 Å². The van der Waals surface area contributed by atoms with Gasteiger partial charge in [0.25, 0.3) is 0 Å². The molecule has 9 heteroatoms. The summed E-state index contributed by atoms with van der Waals surface area (Å²) in [5, 5.41) is 12.9. The molecule has 38 heavy (non-hydrogen) atoms. The molecule has 0 saturated heterocycles. The summed E-state index contributed by atoms with van der Waals surface area (Å²) in [5.41, 5.74) is 2.84. The quantitative estimate of drug-likeness (QED) is 0.222. The molecule has 1 aliphatic rings. The molecule has 4 aromatic rings. The zero-order chi connectivity index (χ0) is 26.8. The van der Waals surface area contributed by atoms with E-state index < -0.39 is 5.97 Å². The minimum Gasteiger partial charge on any atom is -0.506 e. The molecule has 1 aliphatic heterocycles. The van der Waals surface area contributed by atoms with Gasteiger partial charge in [0.15, 0.2) is 0 Å². The third-order valence-electron chi connectivity index (χ3n) is 5.89. The van der Waals surface area contributed by atoms with Crippen LogP contribution in [0.3, 0.4) is 0 Å². The first-order chi connectivity index (χ1) is 18.3. The van der Waals surface area contributed by atoms with E-state index in [-0.39, 0.29) is 23.8 Å². The summed E-state index contributed by atoms with van der Waals surface area (Å²) in [7, 11) is 0. The summed E-state index contributed by atoms with van der Waals surface area (Å²) in [6.45, 7) is 2.19. The van der Waals surface area contributed by atoms with Gasteiger partial charge >= 0.3 is 5.97 Å². The van der Waals surface area contributed by atoms with Gasteiger partial charge < -0.3 is 14.4 Å². The van der Waals surface area contributed by atoms with E-state index in [9.17, 15) is 14.3 Å². The van der Waals surface area contributed by atoms with E-state index in [1.165, 1.54) is 17.8 Å². The first-order valence-corrected chi connectivity index (χ1v) is 13.7. The second-order valence-corrected chi connectivity index (χ2v) is 10.8. The van der Waals surface area contributed by atoms with Crippen molar-refractivity contribution in [2.24, 2.45) is 4.99 Å². The van der Waals surface area contributed by atoms with Crippen LogP contribution in [0.5, 0.6) is 0 Å². The van der Waals surface area contributed by atoms with Crippen molar-refractivity contribution in [2.45, 2.75) is 13.5 Å². The number of ether oxygens (including phenoxy) is 1. The molecule has 0 saturated carbocycles. The Bertz CT molecular complexity index is 1640. The standard InChI is InChI=1S/C29H21BrClFN2O3S/c1-2-37-29(36)26-27(35)25(38-28(26)33-21-10-8-20(31)9-11-21)13-18-16-34(15-17-5-3-4-6-23(17)32)24-12-7-19(30)14-22(18)24/h3-14,16,35H,2,15H2,1H3/b25-13-,33-28?. The van der Waals surface area contributed by atoms with E-state index in [2.05, 4.69) is 20.9 Å². The summed E-state index contributed by atoms with van der Waals surface area (Å²) in [4.78, 5) is 17.8. The van der Waals surface area contributed by atoms with Crippen LogP contribution in [0.1, 0.15) is 18.1 Å². The number of aliphatic hydroxyl groups is 1.